The maximum atomic E-state index is 5.93. The highest BCUT2D eigenvalue weighted by Gasteiger charge is 2.08. The molecule has 1 aromatic carbocycles. The third-order valence-corrected chi connectivity index (χ3v) is 5.41. The third-order valence-electron chi connectivity index (χ3n) is 4.28. The molecule has 1 unspecified atom stereocenters. The van der Waals surface area contributed by atoms with E-state index in [1.54, 1.807) is 11.3 Å². The fourth-order valence-electron chi connectivity index (χ4n) is 2.52. The van der Waals surface area contributed by atoms with Crippen molar-refractivity contribution in [3.8, 4) is 5.75 Å². The highest BCUT2D eigenvalue weighted by atomic mass is 127. The standard InChI is InChI=1S/C20H25ClN6OS.HI/c1-14(28-17-8-6-16(21)7-9-17)11-22-20(23-12-18-5-4-10-29-18)24-13-19-26-25-15(2)27(19)3;/h4-10,14H,11-13H2,1-3H3,(H2,22,23,24);1H. The molecule has 0 fully saturated rings. The van der Waals surface area contributed by atoms with E-state index >= 15 is 0 Å². The van der Waals surface area contributed by atoms with Gasteiger partial charge in [0.1, 0.15) is 24.2 Å². The van der Waals surface area contributed by atoms with Gasteiger partial charge in [-0.15, -0.1) is 45.5 Å². The second kappa shape index (κ2) is 12.1. The molecule has 0 aliphatic rings. The molecule has 0 saturated carbocycles. The van der Waals surface area contributed by atoms with E-state index in [2.05, 4.69) is 37.3 Å². The Bertz CT molecular complexity index is 929. The quantitative estimate of drug-likeness (QED) is 0.246. The molecule has 3 aromatic rings. The Labute approximate surface area is 202 Å². The highest BCUT2D eigenvalue weighted by Crippen LogP contribution is 2.16. The van der Waals surface area contributed by atoms with Crippen molar-refractivity contribution in [2.75, 3.05) is 6.54 Å². The van der Waals surface area contributed by atoms with E-state index in [1.165, 1.54) is 4.88 Å². The monoisotopic (exact) mass is 560 g/mol. The number of thiophene rings is 1. The molecule has 10 heteroatoms. The fourth-order valence-corrected chi connectivity index (χ4v) is 3.29. The zero-order valence-electron chi connectivity index (χ0n) is 17.1. The van der Waals surface area contributed by atoms with Crippen LogP contribution in [0.1, 0.15) is 23.4 Å². The lowest BCUT2D eigenvalue weighted by Crippen LogP contribution is -2.41. The van der Waals surface area contributed by atoms with E-state index in [1.807, 2.05) is 55.8 Å². The molecule has 0 aliphatic heterocycles. The van der Waals surface area contributed by atoms with Crippen molar-refractivity contribution in [1.82, 2.24) is 25.4 Å². The number of aromatic nitrogens is 3. The van der Waals surface area contributed by atoms with Gasteiger partial charge in [-0.25, -0.2) is 4.99 Å². The van der Waals surface area contributed by atoms with Crippen LogP contribution >= 0.6 is 46.9 Å². The number of benzene rings is 1. The van der Waals surface area contributed by atoms with E-state index in [0.29, 0.717) is 30.6 Å². The zero-order chi connectivity index (χ0) is 20.6. The van der Waals surface area contributed by atoms with Gasteiger partial charge in [-0.2, -0.15) is 0 Å². The molecule has 0 radical (unpaired) electrons. The van der Waals surface area contributed by atoms with E-state index in [9.17, 15) is 0 Å². The van der Waals surface area contributed by atoms with E-state index in [0.717, 1.165) is 17.4 Å². The summed E-state index contributed by atoms with van der Waals surface area (Å²) in [5.41, 5.74) is 0. The molecule has 162 valence electrons. The van der Waals surface area contributed by atoms with Crippen LogP contribution in [0.25, 0.3) is 0 Å². The van der Waals surface area contributed by atoms with Gasteiger partial charge in [-0.3, -0.25) is 0 Å². The second-order valence-electron chi connectivity index (χ2n) is 6.58. The number of guanidine groups is 1. The minimum absolute atomic E-state index is 0. The van der Waals surface area contributed by atoms with Gasteiger partial charge in [0.15, 0.2) is 11.8 Å². The molecule has 30 heavy (non-hydrogen) atoms. The number of aryl methyl sites for hydroxylation is 1. The molecule has 2 aromatic heterocycles. The Kier molecular flexibility index (Phi) is 9.86. The van der Waals surface area contributed by atoms with Crippen LogP contribution in [0.2, 0.25) is 5.02 Å². The second-order valence-corrected chi connectivity index (χ2v) is 8.05. The van der Waals surface area contributed by atoms with Gasteiger partial charge >= 0.3 is 0 Å². The van der Waals surface area contributed by atoms with Crippen LogP contribution in [0.5, 0.6) is 5.75 Å². The predicted octanol–water partition coefficient (Wildman–Crippen LogP) is 4.16. The fraction of sp³-hybridized carbons (Fsp3) is 0.350. The number of hydrogen-bond donors (Lipinski definition) is 2. The number of nitrogens with one attached hydrogen (secondary N) is 2. The molecular weight excluding hydrogens is 535 g/mol. The van der Waals surface area contributed by atoms with Gasteiger partial charge in [-0.1, -0.05) is 17.7 Å². The van der Waals surface area contributed by atoms with Gasteiger partial charge < -0.3 is 19.9 Å². The zero-order valence-corrected chi connectivity index (χ0v) is 21.0. The van der Waals surface area contributed by atoms with Crippen molar-refractivity contribution < 1.29 is 4.74 Å². The Morgan fingerprint density at radius 1 is 1.23 bits per heavy atom. The summed E-state index contributed by atoms with van der Waals surface area (Å²) >= 11 is 7.63. The number of ether oxygens (including phenoxy) is 1. The van der Waals surface area contributed by atoms with Crippen LogP contribution in [0.3, 0.4) is 0 Å². The average Bonchev–Trinajstić information content (AvgIpc) is 3.34. The average molecular weight is 561 g/mol. The van der Waals surface area contributed by atoms with Crippen LogP contribution in [0.15, 0.2) is 46.8 Å². The molecular formula is C20H26ClIN6OS. The van der Waals surface area contributed by atoms with Crippen LogP contribution in [-0.2, 0) is 20.1 Å². The number of aliphatic imine (C=N–C) groups is 1. The first-order chi connectivity index (χ1) is 14.0. The van der Waals surface area contributed by atoms with E-state index in [4.69, 9.17) is 16.3 Å². The molecule has 0 bridgehead atoms. The molecule has 2 heterocycles. The van der Waals surface area contributed by atoms with Crippen molar-refractivity contribution in [3.63, 3.8) is 0 Å². The molecule has 0 spiro atoms. The number of halogens is 2. The summed E-state index contributed by atoms with van der Waals surface area (Å²) in [7, 11) is 1.94. The van der Waals surface area contributed by atoms with Crippen LogP contribution < -0.4 is 15.4 Å². The Hall–Kier alpha value is -1.85. The first-order valence-corrected chi connectivity index (χ1v) is 10.6. The summed E-state index contributed by atoms with van der Waals surface area (Å²) < 4.78 is 7.86. The summed E-state index contributed by atoms with van der Waals surface area (Å²) in [6.45, 7) is 5.66. The minimum Gasteiger partial charge on any atom is -0.489 e. The summed E-state index contributed by atoms with van der Waals surface area (Å²) in [6, 6.07) is 11.5. The minimum atomic E-state index is -0.0537. The SMILES string of the molecule is Cc1nnc(CN=C(NCc2cccs2)NCC(C)Oc2ccc(Cl)cc2)n1C.I. The van der Waals surface area contributed by atoms with Gasteiger partial charge in [-0.05, 0) is 49.6 Å². The van der Waals surface area contributed by atoms with Crippen molar-refractivity contribution in [1.29, 1.82) is 0 Å². The first-order valence-electron chi connectivity index (χ1n) is 9.33. The summed E-state index contributed by atoms with van der Waals surface area (Å²) in [5, 5.41) is 17.7. The predicted molar refractivity (Wildman–Crippen MR) is 133 cm³/mol. The Balaban J connectivity index is 0.00000320. The first kappa shape index (κ1) is 24.4. The topological polar surface area (TPSA) is 76.4 Å². The largest absolute Gasteiger partial charge is 0.489 e. The van der Waals surface area contributed by atoms with Gasteiger partial charge in [0, 0.05) is 16.9 Å². The molecule has 3 rings (SSSR count). The maximum Gasteiger partial charge on any atom is 0.192 e. The smallest absolute Gasteiger partial charge is 0.192 e. The Morgan fingerprint density at radius 3 is 2.63 bits per heavy atom. The van der Waals surface area contributed by atoms with E-state index < -0.39 is 0 Å². The number of nitrogens with zero attached hydrogens (tertiary/aromatic N) is 4. The molecule has 0 saturated heterocycles. The van der Waals surface area contributed by atoms with Crippen LogP contribution in [0.4, 0.5) is 0 Å². The normalized spacial score (nSPS) is 12.2. The maximum absolute atomic E-state index is 5.93. The Morgan fingerprint density at radius 2 is 2.00 bits per heavy atom. The van der Waals surface area contributed by atoms with Gasteiger partial charge in [0.25, 0.3) is 0 Å². The number of hydrogen-bond acceptors (Lipinski definition) is 5. The van der Waals surface area contributed by atoms with Crippen LogP contribution in [0, 0.1) is 6.92 Å². The summed E-state index contributed by atoms with van der Waals surface area (Å²) in [6.07, 6.45) is -0.0537. The van der Waals surface area contributed by atoms with Crippen LogP contribution in [-0.4, -0.2) is 33.4 Å². The third kappa shape index (κ3) is 7.44. The molecule has 2 N–H and O–H groups in total. The molecule has 0 aliphatic carbocycles. The lowest BCUT2D eigenvalue weighted by molar-refractivity contribution is 0.224. The van der Waals surface area contributed by atoms with Crippen molar-refractivity contribution in [3.05, 3.63) is 63.3 Å². The number of rotatable bonds is 8. The lowest BCUT2D eigenvalue weighted by Gasteiger charge is -2.18. The highest BCUT2D eigenvalue weighted by molar-refractivity contribution is 14.0. The lowest BCUT2D eigenvalue weighted by atomic mass is 10.3. The summed E-state index contributed by atoms with van der Waals surface area (Å²) in [4.78, 5) is 5.90. The molecule has 1 atom stereocenters. The molecule has 7 nitrogen and oxygen atoms in total. The van der Waals surface area contributed by atoms with Gasteiger partial charge in [0.05, 0.1) is 13.1 Å². The van der Waals surface area contributed by atoms with Gasteiger partial charge in [0.2, 0.25) is 0 Å². The molecule has 0 amide bonds. The van der Waals surface area contributed by atoms with Crippen molar-refractivity contribution in [2.45, 2.75) is 33.0 Å². The van der Waals surface area contributed by atoms with E-state index in [-0.39, 0.29) is 30.1 Å². The van der Waals surface area contributed by atoms with Crippen molar-refractivity contribution >= 4 is 52.9 Å². The summed E-state index contributed by atoms with van der Waals surface area (Å²) in [5.74, 6) is 3.15. The van der Waals surface area contributed by atoms with Crippen molar-refractivity contribution in [2.24, 2.45) is 12.0 Å².